The summed E-state index contributed by atoms with van der Waals surface area (Å²) in [5.74, 6) is 0.525. The number of nitrogens with zero attached hydrogens (tertiary/aromatic N) is 3. The number of fused-ring (bicyclic) bond motifs is 1. The molecule has 3 aromatic rings. The Morgan fingerprint density at radius 2 is 1.88 bits per heavy atom. The van der Waals surface area contributed by atoms with E-state index in [4.69, 9.17) is 0 Å². The van der Waals surface area contributed by atoms with Crippen LogP contribution < -0.4 is 0 Å². The van der Waals surface area contributed by atoms with Crippen LogP contribution in [0.5, 0.6) is 0 Å². The van der Waals surface area contributed by atoms with Crippen molar-refractivity contribution in [3.63, 3.8) is 0 Å². The fraction of sp³-hybridized carbons (Fsp3) is 0.167. The molecule has 1 saturated heterocycles. The number of aromatic nitrogens is 1. The van der Waals surface area contributed by atoms with Gasteiger partial charge in [-0.15, -0.1) is 0 Å². The number of thioether (sulfide) groups is 1. The first-order valence-corrected chi connectivity index (χ1v) is 9.46. The predicted octanol–water partition coefficient (Wildman–Crippen LogP) is 4.62. The number of hydrogen-bond donors (Lipinski definition) is 0. The van der Waals surface area contributed by atoms with E-state index in [1.165, 1.54) is 11.8 Å². The van der Waals surface area contributed by atoms with Gasteiger partial charge < -0.3 is 0 Å². The first-order chi connectivity index (χ1) is 11.7. The molecule has 1 aliphatic rings. The third-order valence-electron chi connectivity index (χ3n) is 3.94. The molecule has 0 aliphatic carbocycles. The first kappa shape index (κ1) is 15.4. The minimum Gasteiger partial charge on any atom is -0.283 e. The fourth-order valence-electron chi connectivity index (χ4n) is 2.71. The third-order valence-corrected chi connectivity index (χ3v) is 5.81. The van der Waals surface area contributed by atoms with Gasteiger partial charge in [0.1, 0.15) is 0 Å². The van der Waals surface area contributed by atoms with E-state index in [2.05, 4.69) is 9.98 Å². The van der Waals surface area contributed by atoms with Gasteiger partial charge >= 0.3 is 0 Å². The molecular weight excluding hydrogens is 338 g/mol. The molecule has 120 valence electrons. The van der Waals surface area contributed by atoms with Crippen LogP contribution in [0.25, 0.3) is 10.2 Å². The van der Waals surface area contributed by atoms with E-state index in [0.29, 0.717) is 10.9 Å². The predicted molar refractivity (Wildman–Crippen MR) is 101 cm³/mol. The summed E-state index contributed by atoms with van der Waals surface area (Å²) in [6.45, 7) is 2.03. The number of thiazole rings is 1. The Morgan fingerprint density at radius 3 is 2.67 bits per heavy atom. The van der Waals surface area contributed by atoms with Gasteiger partial charge in [0, 0.05) is 0 Å². The molecule has 1 unspecified atom stereocenters. The lowest BCUT2D eigenvalue weighted by molar-refractivity contribution is -0.125. The van der Waals surface area contributed by atoms with Gasteiger partial charge in [-0.25, -0.2) is 4.98 Å². The van der Waals surface area contributed by atoms with E-state index in [1.807, 2.05) is 61.5 Å². The number of amidine groups is 1. The Bertz CT molecular complexity index is 887. The molecule has 0 bridgehead atoms. The van der Waals surface area contributed by atoms with Crippen LogP contribution in [0.3, 0.4) is 0 Å². The maximum Gasteiger partial charge on any atom is 0.239 e. The molecule has 2 aromatic carbocycles. The van der Waals surface area contributed by atoms with Gasteiger partial charge in [0.25, 0.3) is 0 Å². The highest BCUT2D eigenvalue weighted by molar-refractivity contribution is 8.15. The van der Waals surface area contributed by atoms with Crippen molar-refractivity contribution < 1.29 is 4.79 Å². The van der Waals surface area contributed by atoms with Gasteiger partial charge in [0.15, 0.2) is 5.17 Å². The Morgan fingerprint density at radius 1 is 1.12 bits per heavy atom. The summed E-state index contributed by atoms with van der Waals surface area (Å²) in [5, 5.41) is 1.43. The number of benzene rings is 2. The number of carbonyl (C=O) groups is 1. The van der Waals surface area contributed by atoms with Gasteiger partial charge in [-0.1, -0.05) is 65.6 Å². The Balaban J connectivity index is 1.69. The molecule has 1 amide bonds. The van der Waals surface area contributed by atoms with E-state index >= 15 is 0 Å². The summed E-state index contributed by atoms with van der Waals surface area (Å²) in [5.41, 5.74) is 2.05. The van der Waals surface area contributed by atoms with Crippen LogP contribution >= 0.6 is 23.1 Å². The zero-order chi connectivity index (χ0) is 16.5. The lowest BCUT2D eigenvalue weighted by Crippen LogP contribution is -2.32. The largest absolute Gasteiger partial charge is 0.283 e. The molecule has 1 atom stereocenters. The van der Waals surface area contributed by atoms with Gasteiger partial charge in [-0.05, 0) is 24.6 Å². The maximum atomic E-state index is 12.4. The highest BCUT2D eigenvalue weighted by Gasteiger charge is 2.33. The highest BCUT2D eigenvalue weighted by Crippen LogP contribution is 2.34. The second-order valence-corrected chi connectivity index (χ2v) is 7.45. The number of amides is 1. The summed E-state index contributed by atoms with van der Waals surface area (Å²) < 4.78 is 1.11. The fourth-order valence-corrected chi connectivity index (χ4v) is 4.55. The van der Waals surface area contributed by atoms with Crippen LogP contribution in [0.15, 0.2) is 59.6 Å². The normalized spacial score (nSPS) is 17.8. The molecule has 1 aromatic heterocycles. The van der Waals surface area contributed by atoms with Gasteiger partial charge in [0.2, 0.25) is 11.0 Å². The number of carbonyl (C=O) groups excluding carboxylic acids is 1. The van der Waals surface area contributed by atoms with E-state index in [9.17, 15) is 4.79 Å². The van der Waals surface area contributed by atoms with Crippen molar-refractivity contribution in [2.24, 2.45) is 4.99 Å². The molecule has 2 heterocycles. The van der Waals surface area contributed by atoms with E-state index in [1.54, 1.807) is 16.2 Å². The smallest absolute Gasteiger partial charge is 0.239 e. The minimum atomic E-state index is -0.0400. The van der Waals surface area contributed by atoms with Crippen molar-refractivity contribution in [1.82, 2.24) is 9.88 Å². The average Bonchev–Trinajstić information content (AvgIpc) is 3.18. The topological polar surface area (TPSA) is 45.6 Å². The van der Waals surface area contributed by atoms with Crippen LogP contribution in [-0.2, 0) is 4.79 Å². The van der Waals surface area contributed by atoms with Crippen molar-refractivity contribution in [3.8, 4) is 0 Å². The zero-order valence-electron chi connectivity index (χ0n) is 13.0. The van der Waals surface area contributed by atoms with Crippen molar-refractivity contribution in [2.75, 3.05) is 5.75 Å². The Hall–Kier alpha value is -2.18. The zero-order valence-corrected chi connectivity index (χ0v) is 14.7. The molecule has 4 rings (SSSR count). The standard InChI is InChI=1S/C18H15N3OS2/c1-12(13-7-3-2-4-8-13)21-16(22)11-23-18(21)20-17-19-14-9-5-6-10-15(14)24-17/h2-10,12H,11H2,1H3/b20-18-. The number of aliphatic imine (C=N–C) groups is 1. The van der Waals surface area contributed by atoms with E-state index < -0.39 is 0 Å². The number of para-hydroxylation sites is 1. The van der Waals surface area contributed by atoms with Crippen molar-refractivity contribution >= 4 is 49.5 Å². The van der Waals surface area contributed by atoms with Crippen LogP contribution in [-0.4, -0.2) is 26.7 Å². The summed E-state index contributed by atoms with van der Waals surface area (Å²) in [4.78, 5) is 23.4. The van der Waals surface area contributed by atoms with Crippen molar-refractivity contribution in [3.05, 3.63) is 60.2 Å². The number of rotatable bonds is 3. The van der Waals surface area contributed by atoms with Gasteiger partial charge in [-0.3, -0.25) is 9.69 Å². The summed E-state index contributed by atoms with van der Waals surface area (Å²) in [7, 11) is 0. The molecule has 0 spiro atoms. The summed E-state index contributed by atoms with van der Waals surface area (Å²) in [6.07, 6.45) is 0. The lowest BCUT2D eigenvalue weighted by atomic mass is 10.1. The van der Waals surface area contributed by atoms with Crippen LogP contribution in [0.4, 0.5) is 5.13 Å². The van der Waals surface area contributed by atoms with Gasteiger partial charge in [0.05, 0.1) is 22.0 Å². The third kappa shape index (κ3) is 2.83. The molecular formula is C18H15N3OS2. The van der Waals surface area contributed by atoms with Crippen molar-refractivity contribution in [2.45, 2.75) is 13.0 Å². The first-order valence-electron chi connectivity index (χ1n) is 7.66. The van der Waals surface area contributed by atoms with Crippen LogP contribution in [0.2, 0.25) is 0 Å². The average molecular weight is 353 g/mol. The second kappa shape index (κ2) is 6.37. The van der Waals surface area contributed by atoms with Gasteiger partial charge in [-0.2, -0.15) is 4.99 Å². The van der Waals surface area contributed by atoms with Crippen LogP contribution in [0.1, 0.15) is 18.5 Å². The SMILES string of the molecule is CC(c1ccccc1)N1C(=O)CS/C1=N\c1nc2ccccc2s1. The van der Waals surface area contributed by atoms with Crippen LogP contribution in [0, 0.1) is 0 Å². The molecule has 0 N–H and O–H groups in total. The molecule has 1 fully saturated rings. The van der Waals surface area contributed by atoms with E-state index in [-0.39, 0.29) is 11.9 Å². The minimum absolute atomic E-state index is 0.0400. The number of hydrogen-bond acceptors (Lipinski definition) is 5. The molecule has 0 saturated carbocycles. The molecule has 24 heavy (non-hydrogen) atoms. The summed E-state index contributed by atoms with van der Waals surface area (Å²) >= 11 is 3.02. The molecule has 4 nitrogen and oxygen atoms in total. The highest BCUT2D eigenvalue weighted by atomic mass is 32.2. The molecule has 0 radical (unpaired) electrons. The Kier molecular flexibility index (Phi) is 4.08. The summed E-state index contributed by atoms with van der Waals surface area (Å²) in [6, 6.07) is 18.0. The van der Waals surface area contributed by atoms with Crippen molar-refractivity contribution in [1.29, 1.82) is 0 Å². The molecule has 1 aliphatic heterocycles. The van der Waals surface area contributed by atoms with E-state index in [0.717, 1.165) is 20.9 Å². The monoisotopic (exact) mass is 353 g/mol. The maximum absolute atomic E-state index is 12.4. The Labute approximate surface area is 148 Å². The molecule has 6 heteroatoms. The quantitative estimate of drug-likeness (QED) is 0.690. The lowest BCUT2D eigenvalue weighted by Gasteiger charge is -2.24. The second-order valence-electron chi connectivity index (χ2n) is 5.50.